The summed E-state index contributed by atoms with van der Waals surface area (Å²) >= 11 is 1.95. The minimum Gasteiger partial charge on any atom is -0.330 e. The van der Waals surface area contributed by atoms with Crippen molar-refractivity contribution in [3.05, 3.63) is 21.9 Å². The van der Waals surface area contributed by atoms with Gasteiger partial charge in [0.05, 0.1) is 0 Å². The van der Waals surface area contributed by atoms with E-state index in [-0.39, 0.29) is 0 Å². The van der Waals surface area contributed by atoms with E-state index < -0.39 is 0 Å². The van der Waals surface area contributed by atoms with E-state index in [1.54, 1.807) is 0 Å². The molecule has 0 spiro atoms. The SMILES string of the molecule is CCCc1ccc(C(C)CCN)s1. The van der Waals surface area contributed by atoms with Crippen LogP contribution in [0.15, 0.2) is 12.1 Å². The Labute approximate surface area is 85.0 Å². The van der Waals surface area contributed by atoms with Crippen LogP contribution in [0.4, 0.5) is 0 Å². The molecule has 0 fully saturated rings. The summed E-state index contributed by atoms with van der Waals surface area (Å²) in [6.45, 7) is 5.28. The Hall–Kier alpha value is -0.340. The molecular formula is C11H19NS. The van der Waals surface area contributed by atoms with Crippen LogP contribution in [0.5, 0.6) is 0 Å². The molecule has 0 saturated heterocycles. The lowest BCUT2D eigenvalue weighted by atomic mass is 10.1. The molecule has 0 aliphatic rings. The van der Waals surface area contributed by atoms with Crippen molar-refractivity contribution in [1.29, 1.82) is 0 Å². The fourth-order valence-electron chi connectivity index (χ4n) is 1.43. The van der Waals surface area contributed by atoms with Crippen LogP contribution >= 0.6 is 11.3 Å². The molecule has 1 aromatic heterocycles. The molecule has 1 unspecified atom stereocenters. The number of nitrogens with two attached hydrogens (primary N) is 1. The van der Waals surface area contributed by atoms with Crippen LogP contribution < -0.4 is 5.73 Å². The van der Waals surface area contributed by atoms with Crippen LogP contribution in [0.2, 0.25) is 0 Å². The van der Waals surface area contributed by atoms with E-state index >= 15 is 0 Å². The van der Waals surface area contributed by atoms with Crippen LogP contribution in [0.25, 0.3) is 0 Å². The molecule has 0 aliphatic heterocycles. The van der Waals surface area contributed by atoms with Gasteiger partial charge in [0, 0.05) is 9.75 Å². The zero-order valence-corrected chi connectivity index (χ0v) is 9.36. The number of hydrogen-bond acceptors (Lipinski definition) is 2. The van der Waals surface area contributed by atoms with Crippen LogP contribution in [0.1, 0.15) is 42.4 Å². The van der Waals surface area contributed by atoms with Gasteiger partial charge in [0.2, 0.25) is 0 Å². The van der Waals surface area contributed by atoms with Gasteiger partial charge in [-0.05, 0) is 37.4 Å². The number of thiophene rings is 1. The quantitative estimate of drug-likeness (QED) is 0.771. The lowest BCUT2D eigenvalue weighted by Gasteiger charge is -2.05. The first-order chi connectivity index (χ1) is 6.27. The Morgan fingerprint density at radius 3 is 2.85 bits per heavy atom. The standard InChI is InChI=1S/C11H19NS/c1-3-4-10-5-6-11(13-10)9(2)7-8-12/h5-6,9H,3-4,7-8,12H2,1-2H3. The van der Waals surface area contributed by atoms with E-state index in [2.05, 4.69) is 26.0 Å². The predicted octanol–water partition coefficient (Wildman–Crippen LogP) is 3.15. The van der Waals surface area contributed by atoms with Crippen LogP contribution in [-0.4, -0.2) is 6.54 Å². The largest absolute Gasteiger partial charge is 0.330 e. The lowest BCUT2D eigenvalue weighted by molar-refractivity contribution is 0.701. The molecule has 13 heavy (non-hydrogen) atoms. The molecule has 1 atom stereocenters. The normalized spacial score (nSPS) is 13.2. The monoisotopic (exact) mass is 197 g/mol. The van der Waals surface area contributed by atoms with Gasteiger partial charge in [-0.1, -0.05) is 20.3 Å². The number of rotatable bonds is 5. The summed E-state index contributed by atoms with van der Waals surface area (Å²) in [5.74, 6) is 0.639. The van der Waals surface area contributed by atoms with Crippen molar-refractivity contribution < 1.29 is 0 Å². The molecule has 1 nitrogen and oxygen atoms in total. The van der Waals surface area contributed by atoms with Gasteiger partial charge < -0.3 is 5.73 Å². The van der Waals surface area contributed by atoms with Crippen molar-refractivity contribution in [2.24, 2.45) is 5.73 Å². The van der Waals surface area contributed by atoms with Gasteiger partial charge in [-0.2, -0.15) is 0 Å². The van der Waals surface area contributed by atoms with Crippen LogP contribution in [0.3, 0.4) is 0 Å². The van der Waals surface area contributed by atoms with E-state index in [1.165, 1.54) is 22.6 Å². The zero-order chi connectivity index (χ0) is 9.68. The van der Waals surface area contributed by atoms with Crippen molar-refractivity contribution in [3.8, 4) is 0 Å². The van der Waals surface area contributed by atoms with E-state index in [0.29, 0.717) is 5.92 Å². The third-order valence-corrected chi connectivity index (χ3v) is 3.64. The fourth-order valence-corrected chi connectivity index (χ4v) is 2.63. The summed E-state index contributed by atoms with van der Waals surface area (Å²) < 4.78 is 0. The molecule has 2 N–H and O–H groups in total. The van der Waals surface area contributed by atoms with Gasteiger partial charge >= 0.3 is 0 Å². The first-order valence-electron chi connectivity index (χ1n) is 5.06. The van der Waals surface area contributed by atoms with Gasteiger partial charge in [0.15, 0.2) is 0 Å². The molecule has 1 heterocycles. The average Bonchev–Trinajstić information content (AvgIpc) is 2.54. The maximum Gasteiger partial charge on any atom is 0.00768 e. The molecular weight excluding hydrogens is 178 g/mol. The molecule has 0 saturated carbocycles. The van der Waals surface area contributed by atoms with E-state index in [9.17, 15) is 0 Å². The Balaban J connectivity index is 2.56. The highest BCUT2D eigenvalue weighted by Gasteiger charge is 2.07. The first kappa shape index (κ1) is 10.7. The first-order valence-corrected chi connectivity index (χ1v) is 5.88. The molecule has 0 aliphatic carbocycles. The molecule has 0 amide bonds. The third-order valence-electron chi connectivity index (χ3n) is 2.26. The molecule has 0 bridgehead atoms. The predicted molar refractivity (Wildman–Crippen MR) is 60.4 cm³/mol. The molecule has 0 radical (unpaired) electrons. The summed E-state index contributed by atoms with van der Waals surface area (Å²) in [4.78, 5) is 3.01. The summed E-state index contributed by atoms with van der Waals surface area (Å²) in [6, 6.07) is 4.52. The molecule has 0 aromatic carbocycles. The number of aryl methyl sites for hydroxylation is 1. The van der Waals surface area contributed by atoms with E-state index in [1.807, 2.05) is 11.3 Å². The Morgan fingerprint density at radius 1 is 1.46 bits per heavy atom. The zero-order valence-electron chi connectivity index (χ0n) is 8.55. The van der Waals surface area contributed by atoms with Gasteiger partial charge in [0.25, 0.3) is 0 Å². The highest BCUT2D eigenvalue weighted by molar-refractivity contribution is 7.12. The van der Waals surface area contributed by atoms with Gasteiger partial charge in [0.1, 0.15) is 0 Å². The molecule has 1 aromatic rings. The van der Waals surface area contributed by atoms with Crippen molar-refractivity contribution in [3.63, 3.8) is 0 Å². The van der Waals surface area contributed by atoms with Crippen LogP contribution in [-0.2, 0) is 6.42 Å². The highest BCUT2D eigenvalue weighted by Crippen LogP contribution is 2.27. The smallest absolute Gasteiger partial charge is 0.00768 e. The Bertz CT molecular complexity index is 242. The van der Waals surface area contributed by atoms with Crippen molar-refractivity contribution >= 4 is 11.3 Å². The van der Waals surface area contributed by atoms with Crippen molar-refractivity contribution in [2.45, 2.75) is 39.0 Å². The van der Waals surface area contributed by atoms with Gasteiger partial charge in [-0.3, -0.25) is 0 Å². The Morgan fingerprint density at radius 2 is 2.23 bits per heavy atom. The summed E-state index contributed by atoms with van der Waals surface area (Å²) in [6.07, 6.45) is 3.57. The third kappa shape index (κ3) is 3.12. The van der Waals surface area contributed by atoms with Gasteiger partial charge in [-0.25, -0.2) is 0 Å². The summed E-state index contributed by atoms with van der Waals surface area (Å²) in [7, 11) is 0. The number of hydrogen-bond donors (Lipinski definition) is 1. The Kier molecular flexibility index (Phi) is 4.46. The second-order valence-electron chi connectivity index (χ2n) is 3.53. The van der Waals surface area contributed by atoms with Gasteiger partial charge in [-0.15, -0.1) is 11.3 Å². The molecule has 1 rings (SSSR count). The highest BCUT2D eigenvalue weighted by atomic mass is 32.1. The maximum atomic E-state index is 5.54. The summed E-state index contributed by atoms with van der Waals surface area (Å²) in [5, 5.41) is 0. The van der Waals surface area contributed by atoms with Crippen LogP contribution in [0, 0.1) is 0 Å². The van der Waals surface area contributed by atoms with Crippen molar-refractivity contribution in [2.75, 3.05) is 6.54 Å². The molecule has 2 heteroatoms. The second-order valence-corrected chi connectivity index (χ2v) is 4.73. The van der Waals surface area contributed by atoms with E-state index in [0.717, 1.165) is 13.0 Å². The summed E-state index contributed by atoms with van der Waals surface area (Å²) in [5.41, 5.74) is 5.54. The average molecular weight is 197 g/mol. The topological polar surface area (TPSA) is 26.0 Å². The maximum absolute atomic E-state index is 5.54. The minimum atomic E-state index is 0.639. The fraction of sp³-hybridized carbons (Fsp3) is 0.636. The second kappa shape index (κ2) is 5.40. The minimum absolute atomic E-state index is 0.639. The lowest BCUT2D eigenvalue weighted by Crippen LogP contribution is -2.03. The van der Waals surface area contributed by atoms with E-state index in [4.69, 9.17) is 5.73 Å². The van der Waals surface area contributed by atoms with Crippen molar-refractivity contribution in [1.82, 2.24) is 0 Å². The molecule has 74 valence electrons.